The van der Waals surface area contributed by atoms with Crippen LogP contribution < -0.4 is 23.9 Å². The zero-order valence-corrected chi connectivity index (χ0v) is 23.4. The summed E-state index contributed by atoms with van der Waals surface area (Å²) < 4.78 is 53.0. The Morgan fingerprint density at radius 2 is 1.69 bits per heavy atom. The Balaban J connectivity index is 1.62. The molecule has 1 heterocycles. The highest BCUT2D eigenvalue weighted by Crippen LogP contribution is 2.39. The number of halogens is 4. The Labute approximate surface area is 238 Å². The number of rotatable bonds is 12. The van der Waals surface area contributed by atoms with Crippen LogP contribution >= 0.6 is 35.0 Å². The highest BCUT2D eigenvalue weighted by molar-refractivity contribution is 8.13. The molecule has 1 N–H and O–H groups in total. The van der Waals surface area contributed by atoms with Crippen LogP contribution in [0.25, 0.3) is 0 Å². The molecule has 1 fully saturated rings. The molecule has 1 aromatic heterocycles. The number of carbonyl (C=O) groups is 1. The normalized spacial score (nSPS) is 13.6. The first-order valence-corrected chi connectivity index (χ1v) is 13.5. The minimum atomic E-state index is -3.02. The van der Waals surface area contributed by atoms with E-state index in [-0.39, 0.29) is 17.9 Å². The van der Waals surface area contributed by atoms with Crippen molar-refractivity contribution in [2.75, 3.05) is 20.8 Å². The van der Waals surface area contributed by atoms with Crippen LogP contribution in [0.1, 0.15) is 30.1 Å². The zero-order chi connectivity index (χ0) is 27.9. The van der Waals surface area contributed by atoms with Crippen molar-refractivity contribution in [3.8, 4) is 23.0 Å². The maximum Gasteiger partial charge on any atom is 0.387 e. The second-order valence-corrected chi connectivity index (χ2v) is 10.5. The second-order valence-electron chi connectivity index (χ2n) is 8.65. The van der Waals surface area contributed by atoms with E-state index in [0.29, 0.717) is 50.1 Å². The Morgan fingerprint density at radius 1 is 1.00 bits per heavy atom. The fourth-order valence-corrected chi connectivity index (χ4v) is 4.91. The molecule has 1 aliphatic rings. The number of hydrogen-bond donors (Lipinski definition) is 0. The summed E-state index contributed by atoms with van der Waals surface area (Å²) in [5.74, 6) is 1.37. The van der Waals surface area contributed by atoms with Gasteiger partial charge < -0.3 is 23.7 Å². The zero-order valence-electron chi connectivity index (χ0n) is 21.0. The fourth-order valence-electron chi connectivity index (χ4n) is 3.72. The molecular formula is C27H26Cl2F2NO6S+. The van der Waals surface area contributed by atoms with Gasteiger partial charge in [-0.15, -0.1) is 0 Å². The van der Waals surface area contributed by atoms with E-state index < -0.39 is 18.0 Å². The van der Waals surface area contributed by atoms with Crippen LogP contribution in [-0.4, -0.2) is 32.7 Å². The molecule has 1 saturated carbocycles. The van der Waals surface area contributed by atoms with E-state index in [4.69, 9.17) is 42.1 Å². The molecule has 12 heteroatoms. The number of pyridine rings is 1. The lowest BCUT2D eigenvalue weighted by atomic mass is 10.0. The highest BCUT2D eigenvalue weighted by atomic mass is 35.5. The molecule has 3 aromatic rings. The van der Waals surface area contributed by atoms with Gasteiger partial charge in [0, 0.05) is 16.9 Å². The van der Waals surface area contributed by atoms with Crippen LogP contribution in [0.4, 0.5) is 13.6 Å². The molecule has 0 bridgehead atoms. The van der Waals surface area contributed by atoms with Gasteiger partial charge in [0.15, 0.2) is 35.4 Å². The van der Waals surface area contributed by atoms with Gasteiger partial charge in [-0.25, -0.2) is 9.78 Å². The molecular weight excluding hydrogens is 575 g/mol. The van der Waals surface area contributed by atoms with Crippen molar-refractivity contribution in [1.29, 1.82) is 0 Å². The van der Waals surface area contributed by atoms with Gasteiger partial charge in [-0.3, -0.25) is 0 Å². The van der Waals surface area contributed by atoms with Gasteiger partial charge >= 0.3 is 11.9 Å². The van der Waals surface area contributed by atoms with E-state index in [1.54, 1.807) is 30.6 Å². The number of alkyl halides is 2. The first kappa shape index (κ1) is 29.0. The number of nitrogens with one attached hydrogen (secondary N) is 1. The molecule has 4 rings (SSSR count). The molecule has 0 aliphatic heterocycles. The Kier molecular flexibility index (Phi) is 9.99. The quantitative estimate of drug-likeness (QED) is 0.158. The average molecular weight is 601 g/mol. The van der Waals surface area contributed by atoms with Crippen molar-refractivity contribution in [2.24, 2.45) is 5.92 Å². The Bertz CT molecular complexity index is 1290. The number of hydrogen-bond acceptors (Lipinski definition) is 7. The number of carbonyl (C=O) groups excluding carboxylic acids is 1. The minimum Gasteiger partial charge on any atom is -0.493 e. The molecule has 0 spiro atoms. The summed E-state index contributed by atoms with van der Waals surface area (Å²) in [5, 5.41) is 0.0771. The van der Waals surface area contributed by atoms with Crippen LogP contribution in [0.3, 0.4) is 0 Å². The first-order valence-electron chi connectivity index (χ1n) is 11.9. The van der Waals surface area contributed by atoms with Crippen LogP contribution in [0.2, 0.25) is 10.0 Å². The van der Waals surface area contributed by atoms with Crippen molar-refractivity contribution < 1.29 is 42.2 Å². The summed E-state index contributed by atoms with van der Waals surface area (Å²) in [6.07, 6.45) is 4.38. The van der Waals surface area contributed by atoms with Gasteiger partial charge in [0.1, 0.15) is 16.1 Å². The summed E-state index contributed by atoms with van der Waals surface area (Å²) in [5.41, 5.74) is 1.03. The lowest BCUT2D eigenvalue weighted by Gasteiger charge is -2.21. The van der Waals surface area contributed by atoms with Gasteiger partial charge in [-0.2, -0.15) is 8.78 Å². The first-order chi connectivity index (χ1) is 18.8. The van der Waals surface area contributed by atoms with Crippen molar-refractivity contribution >= 4 is 40.3 Å². The Hall–Kier alpha value is -2.95. The summed E-state index contributed by atoms with van der Waals surface area (Å²) >= 11 is 13.6. The number of aromatic amines is 1. The van der Waals surface area contributed by atoms with Crippen molar-refractivity contribution in [3.05, 3.63) is 70.0 Å². The largest absolute Gasteiger partial charge is 0.493 e. The molecule has 1 atom stereocenters. The molecule has 7 nitrogen and oxygen atoms in total. The number of benzene rings is 2. The van der Waals surface area contributed by atoms with Crippen molar-refractivity contribution in [1.82, 2.24) is 0 Å². The SMILES string of the molecule is COc1ccc(SC(=O)O[C@@H](Cc2c(Cl)c[nH+]cc2Cl)c2ccc(OC(F)F)c(OCC3CC3)c2)cc1OC. The smallest absolute Gasteiger partial charge is 0.387 e. The topological polar surface area (TPSA) is 77.4 Å². The van der Waals surface area contributed by atoms with E-state index in [2.05, 4.69) is 9.72 Å². The van der Waals surface area contributed by atoms with Gasteiger partial charge in [-0.1, -0.05) is 29.3 Å². The maximum absolute atomic E-state index is 13.1. The molecule has 208 valence electrons. The molecule has 39 heavy (non-hydrogen) atoms. The van der Waals surface area contributed by atoms with E-state index >= 15 is 0 Å². The lowest BCUT2D eigenvalue weighted by Crippen LogP contribution is -2.14. The lowest BCUT2D eigenvalue weighted by molar-refractivity contribution is -0.377. The van der Waals surface area contributed by atoms with Crippen LogP contribution in [-0.2, 0) is 11.2 Å². The predicted molar refractivity (Wildman–Crippen MR) is 143 cm³/mol. The highest BCUT2D eigenvalue weighted by Gasteiger charge is 2.26. The van der Waals surface area contributed by atoms with Crippen molar-refractivity contribution in [2.45, 2.75) is 36.9 Å². The van der Waals surface area contributed by atoms with Gasteiger partial charge in [0.25, 0.3) is 0 Å². The van der Waals surface area contributed by atoms with Gasteiger partial charge in [-0.05, 0) is 66.4 Å². The fraction of sp³-hybridized carbons (Fsp3) is 0.333. The number of methoxy groups -OCH3 is 2. The van der Waals surface area contributed by atoms with E-state index in [0.717, 1.165) is 24.6 Å². The monoisotopic (exact) mass is 600 g/mol. The third kappa shape index (κ3) is 8.03. The standard InChI is InChI=1S/C27H25Cl2F2NO6S/c1-34-21-8-6-17(10-24(21)35-2)39-27(33)38-23(11-18-19(28)12-32-13-20(18)29)16-5-7-22(37-26(30)31)25(9-16)36-14-15-3-4-15/h5-10,12-13,15,23,26H,3-4,11,14H2,1-2H3/p+1/t23-/m0/s1. The Morgan fingerprint density at radius 3 is 2.33 bits per heavy atom. The van der Waals surface area contributed by atoms with Crippen LogP contribution in [0, 0.1) is 5.92 Å². The van der Waals surface area contributed by atoms with E-state index in [9.17, 15) is 13.6 Å². The number of aromatic nitrogens is 1. The number of H-pyrrole nitrogens is 1. The third-order valence-electron chi connectivity index (χ3n) is 5.91. The third-order valence-corrected chi connectivity index (χ3v) is 7.33. The number of thioether (sulfide) groups is 1. The maximum atomic E-state index is 13.1. The summed E-state index contributed by atoms with van der Waals surface area (Å²) in [4.78, 5) is 16.5. The summed E-state index contributed by atoms with van der Waals surface area (Å²) in [6, 6.07) is 9.48. The average Bonchev–Trinajstić information content (AvgIpc) is 3.74. The van der Waals surface area contributed by atoms with Crippen LogP contribution in [0.15, 0.2) is 53.7 Å². The van der Waals surface area contributed by atoms with Crippen molar-refractivity contribution in [3.63, 3.8) is 0 Å². The predicted octanol–water partition coefficient (Wildman–Crippen LogP) is 7.43. The van der Waals surface area contributed by atoms with E-state index in [1.807, 2.05) is 0 Å². The summed E-state index contributed by atoms with van der Waals surface area (Å²) in [7, 11) is 3.01. The van der Waals surface area contributed by atoms with Crippen LogP contribution in [0.5, 0.6) is 23.0 Å². The number of ether oxygens (including phenoxy) is 5. The molecule has 0 unspecified atom stereocenters. The van der Waals surface area contributed by atoms with Gasteiger partial charge in [0.2, 0.25) is 0 Å². The van der Waals surface area contributed by atoms with Gasteiger partial charge in [0.05, 0.1) is 20.8 Å². The molecule has 1 aliphatic carbocycles. The molecule has 2 aromatic carbocycles. The molecule has 0 amide bonds. The minimum absolute atomic E-state index is 0.107. The second kappa shape index (κ2) is 13.4. The molecule has 0 saturated heterocycles. The molecule has 0 radical (unpaired) electrons. The van der Waals surface area contributed by atoms with E-state index in [1.165, 1.54) is 32.4 Å². The summed E-state index contributed by atoms with van der Waals surface area (Å²) in [6.45, 7) is -2.65.